The van der Waals surface area contributed by atoms with Crippen LogP contribution in [0.15, 0.2) is 29.4 Å². The molecule has 140 valence electrons. The Morgan fingerprint density at radius 2 is 1.92 bits per heavy atom. The Morgan fingerprint density at radius 1 is 1.15 bits per heavy atom. The van der Waals surface area contributed by atoms with Gasteiger partial charge in [0.05, 0.1) is 5.69 Å². The van der Waals surface area contributed by atoms with Gasteiger partial charge >= 0.3 is 0 Å². The number of unbranched alkanes of at least 4 members (excludes halogenated alkanes) is 3. The third-order valence-corrected chi connectivity index (χ3v) is 5.39. The van der Waals surface area contributed by atoms with Crippen LogP contribution >= 0.6 is 0 Å². The molecule has 1 aromatic rings. The van der Waals surface area contributed by atoms with Crippen molar-refractivity contribution in [2.75, 3.05) is 11.4 Å². The van der Waals surface area contributed by atoms with E-state index in [-0.39, 0.29) is 17.7 Å². The van der Waals surface area contributed by atoms with E-state index in [2.05, 4.69) is 17.5 Å². The van der Waals surface area contributed by atoms with Crippen molar-refractivity contribution >= 4 is 23.2 Å². The molecule has 0 unspecified atom stereocenters. The lowest BCUT2D eigenvalue weighted by atomic mass is 9.89. The first-order chi connectivity index (χ1) is 12.7. The van der Waals surface area contributed by atoms with Gasteiger partial charge in [0.2, 0.25) is 5.91 Å². The average molecular weight is 355 g/mol. The van der Waals surface area contributed by atoms with Gasteiger partial charge in [-0.3, -0.25) is 9.59 Å². The van der Waals surface area contributed by atoms with Crippen molar-refractivity contribution in [2.45, 2.75) is 64.7 Å². The highest BCUT2D eigenvalue weighted by Gasteiger charge is 2.33. The Morgan fingerprint density at radius 3 is 2.69 bits per heavy atom. The van der Waals surface area contributed by atoms with Gasteiger partial charge in [0.1, 0.15) is 0 Å². The number of hydrogen-bond donors (Lipinski definition) is 1. The molecule has 0 spiro atoms. The molecular weight excluding hydrogens is 326 g/mol. The van der Waals surface area contributed by atoms with E-state index in [1.165, 1.54) is 19.3 Å². The number of nitrogens with one attached hydrogen (secondary N) is 1. The van der Waals surface area contributed by atoms with E-state index in [9.17, 15) is 9.59 Å². The van der Waals surface area contributed by atoms with E-state index in [1.54, 1.807) is 4.90 Å². The van der Waals surface area contributed by atoms with Gasteiger partial charge < -0.3 is 4.90 Å². The molecule has 1 aliphatic heterocycles. The minimum atomic E-state index is -0.105. The summed E-state index contributed by atoms with van der Waals surface area (Å²) in [5, 5.41) is 4.24. The number of rotatable bonds is 7. The monoisotopic (exact) mass is 355 g/mol. The number of carbonyl (C=O) groups is 2. The number of carbonyl (C=O) groups excluding carboxylic acids is 2. The Balaban J connectivity index is 1.70. The summed E-state index contributed by atoms with van der Waals surface area (Å²) >= 11 is 0. The van der Waals surface area contributed by atoms with Gasteiger partial charge in [0, 0.05) is 18.0 Å². The lowest BCUT2D eigenvalue weighted by molar-refractivity contribution is -0.125. The number of benzene rings is 1. The van der Waals surface area contributed by atoms with Gasteiger partial charge in [-0.05, 0) is 25.3 Å². The first-order valence-electron chi connectivity index (χ1n) is 10.0. The van der Waals surface area contributed by atoms with E-state index < -0.39 is 0 Å². The van der Waals surface area contributed by atoms with Crippen LogP contribution in [0, 0.1) is 5.92 Å². The summed E-state index contributed by atoms with van der Waals surface area (Å²) in [5.74, 6) is -0.125. The predicted molar refractivity (Wildman–Crippen MR) is 104 cm³/mol. The fourth-order valence-electron chi connectivity index (χ4n) is 3.86. The summed E-state index contributed by atoms with van der Waals surface area (Å²) in [7, 11) is 0. The van der Waals surface area contributed by atoms with Crippen LogP contribution in [0.4, 0.5) is 5.69 Å². The third kappa shape index (κ3) is 4.14. The van der Waals surface area contributed by atoms with Gasteiger partial charge in [0.15, 0.2) is 5.71 Å². The lowest BCUT2D eigenvalue weighted by Crippen LogP contribution is -2.34. The van der Waals surface area contributed by atoms with Crippen molar-refractivity contribution in [3.05, 3.63) is 29.8 Å². The summed E-state index contributed by atoms with van der Waals surface area (Å²) in [6, 6.07) is 7.71. The minimum absolute atomic E-state index is 0.0324. The van der Waals surface area contributed by atoms with E-state index in [1.807, 2.05) is 24.3 Å². The van der Waals surface area contributed by atoms with Crippen LogP contribution in [0.5, 0.6) is 0 Å². The number of hydrogen-bond acceptors (Lipinski definition) is 3. The molecule has 0 atom stereocenters. The molecule has 1 fully saturated rings. The second kappa shape index (κ2) is 8.97. The van der Waals surface area contributed by atoms with Crippen molar-refractivity contribution in [3.8, 4) is 0 Å². The Hall–Kier alpha value is -2.17. The fraction of sp³-hybridized carbons (Fsp3) is 0.571. The Kier molecular flexibility index (Phi) is 6.42. The normalized spacial score (nSPS) is 19.0. The molecule has 3 rings (SSSR count). The number of para-hydroxylation sites is 1. The largest absolute Gasteiger partial charge is 0.306 e. The molecule has 1 aliphatic carbocycles. The van der Waals surface area contributed by atoms with Crippen LogP contribution in [0.3, 0.4) is 0 Å². The number of anilines is 1. The second-order valence-electron chi connectivity index (χ2n) is 7.31. The zero-order valence-electron chi connectivity index (χ0n) is 15.7. The van der Waals surface area contributed by atoms with Gasteiger partial charge in [-0.1, -0.05) is 63.6 Å². The fourth-order valence-corrected chi connectivity index (χ4v) is 3.86. The van der Waals surface area contributed by atoms with Gasteiger partial charge in [-0.15, -0.1) is 0 Å². The van der Waals surface area contributed by atoms with Crippen LogP contribution in [0.25, 0.3) is 0 Å². The highest BCUT2D eigenvalue weighted by Crippen LogP contribution is 2.29. The molecule has 1 heterocycles. The van der Waals surface area contributed by atoms with Crippen molar-refractivity contribution in [3.63, 3.8) is 0 Å². The predicted octanol–water partition coefficient (Wildman–Crippen LogP) is 4.01. The molecule has 0 aromatic heterocycles. The van der Waals surface area contributed by atoms with E-state index in [0.717, 1.165) is 49.8 Å². The quantitative estimate of drug-likeness (QED) is 0.593. The van der Waals surface area contributed by atoms with Gasteiger partial charge in [0.25, 0.3) is 5.91 Å². The summed E-state index contributed by atoms with van der Waals surface area (Å²) < 4.78 is 0. The zero-order chi connectivity index (χ0) is 18.4. The number of nitrogens with zero attached hydrogens (tertiary/aromatic N) is 2. The maximum absolute atomic E-state index is 12.9. The summed E-state index contributed by atoms with van der Waals surface area (Å²) in [6.07, 6.45) is 9.70. The molecule has 1 saturated carbocycles. The van der Waals surface area contributed by atoms with Crippen molar-refractivity contribution in [1.82, 2.24) is 5.43 Å². The smallest absolute Gasteiger partial charge is 0.279 e. The first kappa shape index (κ1) is 18.6. The average Bonchev–Trinajstić information content (AvgIpc) is 2.95. The molecule has 2 aliphatic rings. The molecular formula is C21H29N3O2. The summed E-state index contributed by atoms with van der Waals surface area (Å²) in [6.45, 7) is 2.88. The van der Waals surface area contributed by atoms with Crippen LogP contribution in [-0.4, -0.2) is 24.1 Å². The zero-order valence-corrected chi connectivity index (χ0v) is 15.7. The molecule has 26 heavy (non-hydrogen) atoms. The molecule has 5 nitrogen and oxygen atoms in total. The van der Waals surface area contributed by atoms with E-state index in [0.29, 0.717) is 12.3 Å². The second-order valence-corrected chi connectivity index (χ2v) is 7.31. The Labute approximate surface area is 155 Å². The Bertz CT molecular complexity index is 678. The molecule has 0 bridgehead atoms. The minimum Gasteiger partial charge on any atom is -0.306 e. The third-order valence-electron chi connectivity index (χ3n) is 5.39. The highest BCUT2D eigenvalue weighted by atomic mass is 16.2. The molecule has 1 aromatic carbocycles. The molecule has 1 N–H and O–H groups in total. The van der Waals surface area contributed by atoms with E-state index >= 15 is 0 Å². The number of fused-ring (bicyclic) bond motifs is 1. The lowest BCUT2D eigenvalue weighted by Gasteiger charge is -2.19. The van der Waals surface area contributed by atoms with E-state index in [4.69, 9.17) is 0 Å². The van der Waals surface area contributed by atoms with Crippen LogP contribution in [0.1, 0.15) is 70.3 Å². The summed E-state index contributed by atoms with van der Waals surface area (Å²) in [5.41, 5.74) is 4.74. The van der Waals surface area contributed by atoms with Crippen LogP contribution in [0.2, 0.25) is 0 Å². The maximum Gasteiger partial charge on any atom is 0.279 e. The van der Waals surface area contributed by atoms with Gasteiger partial charge in [-0.25, -0.2) is 5.43 Å². The highest BCUT2D eigenvalue weighted by molar-refractivity contribution is 6.54. The topological polar surface area (TPSA) is 61.8 Å². The van der Waals surface area contributed by atoms with Crippen molar-refractivity contribution in [2.24, 2.45) is 11.0 Å². The molecule has 2 amide bonds. The number of amides is 2. The van der Waals surface area contributed by atoms with Crippen LogP contribution < -0.4 is 10.3 Å². The SMILES string of the molecule is CCCCCCN1C(=O)/C(=N\NC(=O)C2CCCCC2)c2ccccc21. The van der Waals surface area contributed by atoms with Gasteiger partial charge in [-0.2, -0.15) is 5.10 Å². The van der Waals surface area contributed by atoms with Crippen LogP contribution in [-0.2, 0) is 9.59 Å². The molecule has 5 heteroatoms. The first-order valence-corrected chi connectivity index (χ1v) is 10.0. The standard InChI is InChI=1S/C21H29N3O2/c1-2-3-4-10-15-24-18-14-9-8-13-17(18)19(21(24)26)22-23-20(25)16-11-6-5-7-12-16/h8-9,13-14,16H,2-7,10-12,15H2,1H3,(H,23,25)/b22-19-. The number of hydrazone groups is 1. The molecule has 0 saturated heterocycles. The summed E-state index contributed by atoms with van der Waals surface area (Å²) in [4.78, 5) is 27.0. The maximum atomic E-state index is 12.9. The van der Waals surface area contributed by atoms with Crippen molar-refractivity contribution < 1.29 is 9.59 Å². The molecule has 0 radical (unpaired) electrons. The van der Waals surface area contributed by atoms with Crippen molar-refractivity contribution in [1.29, 1.82) is 0 Å².